The zero-order valence-corrected chi connectivity index (χ0v) is 15.7. The topological polar surface area (TPSA) is 50.6 Å². The lowest BCUT2D eigenvalue weighted by Gasteiger charge is -2.33. The zero-order valence-electron chi connectivity index (χ0n) is 15.7. The Morgan fingerprint density at radius 3 is 2.60 bits per heavy atom. The lowest BCUT2D eigenvalue weighted by atomic mass is 10.2. The van der Waals surface area contributed by atoms with Crippen LogP contribution >= 0.6 is 0 Å². The van der Waals surface area contributed by atoms with Gasteiger partial charge < -0.3 is 19.1 Å². The number of ether oxygens (including phenoxy) is 1. The highest BCUT2D eigenvalue weighted by molar-refractivity contribution is 5.90. The van der Waals surface area contributed by atoms with Gasteiger partial charge in [0.1, 0.15) is 11.4 Å². The van der Waals surface area contributed by atoms with Gasteiger partial charge in [-0.3, -0.25) is 4.79 Å². The minimum absolute atomic E-state index is 0.164. The number of hydrogen-bond acceptors (Lipinski definition) is 5. The molecule has 25 heavy (non-hydrogen) atoms. The van der Waals surface area contributed by atoms with Gasteiger partial charge in [-0.15, -0.1) is 0 Å². The summed E-state index contributed by atoms with van der Waals surface area (Å²) >= 11 is 0. The molecule has 1 saturated heterocycles. The van der Waals surface area contributed by atoms with Crippen molar-refractivity contribution in [2.45, 2.75) is 39.3 Å². The second-order valence-corrected chi connectivity index (χ2v) is 7.70. The van der Waals surface area contributed by atoms with Gasteiger partial charge in [0, 0.05) is 50.5 Å². The number of carbonyl (C=O) groups excluding carboxylic acids is 1. The first kappa shape index (κ1) is 17.7. The first-order valence-corrected chi connectivity index (χ1v) is 8.93. The van der Waals surface area contributed by atoms with E-state index in [9.17, 15) is 4.79 Å². The fourth-order valence-electron chi connectivity index (χ4n) is 3.18. The maximum absolute atomic E-state index is 12.0. The molecular formula is C19H28N4O2. The van der Waals surface area contributed by atoms with E-state index in [1.165, 1.54) is 0 Å². The largest absolute Gasteiger partial charge is 0.460 e. The molecule has 136 valence electrons. The van der Waals surface area contributed by atoms with Crippen LogP contribution in [0.3, 0.4) is 0 Å². The van der Waals surface area contributed by atoms with E-state index in [2.05, 4.69) is 32.5 Å². The lowest BCUT2D eigenvalue weighted by Crippen LogP contribution is -2.44. The Labute approximate surface area is 149 Å². The molecule has 0 radical (unpaired) electrons. The molecule has 2 aromatic rings. The maximum atomic E-state index is 12.0. The number of pyridine rings is 1. The van der Waals surface area contributed by atoms with Crippen molar-refractivity contribution >= 4 is 22.7 Å². The van der Waals surface area contributed by atoms with Crippen LogP contribution < -0.4 is 4.90 Å². The Balaban J connectivity index is 1.74. The molecule has 2 aromatic heterocycles. The lowest BCUT2D eigenvalue weighted by molar-refractivity contribution is -0.155. The molecular weight excluding hydrogens is 316 g/mol. The number of anilines is 1. The van der Waals surface area contributed by atoms with Crippen molar-refractivity contribution in [3.05, 3.63) is 24.5 Å². The Hall–Kier alpha value is -2.08. The number of likely N-dealkylation sites (N-methyl/N-ethyl adjacent to an activating group) is 1. The normalized spacial score (nSPS) is 16.4. The molecule has 0 atom stereocenters. The molecule has 3 heterocycles. The Bertz CT molecular complexity index is 739. The van der Waals surface area contributed by atoms with Gasteiger partial charge in [-0.2, -0.15) is 0 Å². The molecule has 0 saturated carbocycles. The van der Waals surface area contributed by atoms with Crippen molar-refractivity contribution in [3.8, 4) is 0 Å². The Kier molecular flexibility index (Phi) is 4.99. The van der Waals surface area contributed by atoms with Gasteiger partial charge in [0.2, 0.25) is 0 Å². The predicted molar refractivity (Wildman–Crippen MR) is 99.9 cm³/mol. The highest BCUT2D eigenvalue weighted by atomic mass is 16.6. The molecule has 3 rings (SSSR count). The summed E-state index contributed by atoms with van der Waals surface area (Å²) in [5.74, 6) is 0.879. The second kappa shape index (κ2) is 7.04. The summed E-state index contributed by atoms with van der Waals surface area (Å²) in [4.78, 5) is 21.3. The first-order chi connectivity index (χ1) is 11.8. The van der Waals surface area contributed by atoms with Crippen LogP contribution in [0.25, 0.3) is 10.9 Å². The third kappa shape index (κ3) is 4.31. The van der Waals surface area contributed by atoms with E-state index in [-0.39, 0.29) is 5.97 Å². The molecule has 1 fully saturated rings. The molecule has 6 heteroatoms. The molecule has 6 nitrogen and oxygen atoms in total. The Morgan fingerprint density at radius 2 is 1.92 bits per heavy atom. The van der Waals surface area contributed by atoms with Crippen LogP contribution in [0.2, 0.25) is 0 Å². The summed E-state index contributed by atoms with van der Waals surface area (Å²) < 4.78 is 7.51. The van der Waals surface area contributed by atoms with Crippen molar-refractivity contribution in [2.24, 2.45) is 0 Å². The van der Waals surface area contributed by atoms with E-state index in [4.69, 9.17) is 4.74 Å². The molecule has 0 unspecified atom stereocenters. The van der Waals surface area contributed by atoms with Crippen LogP contribution in [-0.4, -0.2) is 59.2 Å². The number of carbonyl (C=O) groups is 1. The fourth-order valence-corrected chi connectivity index (χ4v) is 3.18. The molecule has 0 aliphatic carbocycles. The minimum atomic E-state index is -0.436. The average Bonchev–Trinajstić information content (AvgIpc) is 2.95. The van der Waals surface area contributed by atoms with E-state index in [0.717, 1.165) is 42.9 Å². The van der Waals surface area contributed by atoms with Crippen LogP contribution in [-0.2, 0) is 16.1 Å². The SMILES string of the molecule is CN1CCN(c2nccc3c2ccn3CCC(=O)OC(C)(C)C)CC1. The van der Waals surface area contributed by atoms with E-state index in [0.29, 0.717) is 13.0 Å². The fraction of sp³-hybridized carbons (Fsp3) is 0.579. The highest BCUT2D eigenvalue weighted by Gasteiger charge is 2.19. The quantitative estimate of drug-likeness (QED) is 0.798. The summed E-state index contributed by atoms with van der Waals surface area (Å²) in [6.45, 7) is 10.4. The van der Waals surface area contributed by atoms with Gasteiger partial charge in [-0.1, -0.05) is 0 Å². The van der Waals surface area contributed by atoms with Crippen LogP contribution in [0.15, 0.2) is 24.5 Å². The maximum Gasteiger partial charge on any atom is 0.308 e. The van der Waals surface area contributed by atoms with Crippen LogP contribution in [0.4, 0.5) is 5.82 Å². The average molecular weight is 344 g/mol. The number of esters is 1. The third-order valence-corrected chi connectivity index (χ3v) is 4.46. The minimum Gasteiger partial charge on any atom is -0.460 e. The summed E-state index contributed by atoms with van der Waals surface area (Å²) in [5.41, 5.74) is 0.682. The van der Waals surface area contributed by atoms with Gasteiger partial charge in [0.15, 0.2) is 0 Å². The van der Waals surface area contributed by atoms with Crippen LogP contribution in [0.5, 0.6) is 0 Å². The number of piperazine rings is 1. The number of fused-ring (bicyclic) bond motifs is 1. The van der Waals surface area contributed by atoms with Gasteiger partial charge in [-0.25, -0.2) is 4.98 Å². The van der Waals surface area contributed by atoms with Crippen LogP contribution in [0.1, 0.15) is 27.2 Å². The van der Waals surface area contributed by atoms with Gasteiger partial charge >= 0.3 is 5.97 Å². The van der Waals surface area contributed by atoms with Crippen molar-refractivity contribution in [3.63, 3.8) is 0 Å². The standard InChI is InChI=1S/C19H28N4O2/c1-19(2,3)25-17(24)7-10-22-9-6-15-16(22)5-8-20-18(15)23-13-11-21(4)12-14-23/h5-6,8-9H,7,10-14H2,1-4H3. The second-order valence-electron chi connectivity index (χ2n) is 7.70. The van der Waals surface area contributed by atoms with Crippen molar-refractivity contribution in [2.75, 3.05) is 38.1 Å². The molecule has 0 bridgehead atoms. The number of rotatable bonds is 4. The predicted octanol–water partition coefficient (Wildman–Crippen LogP) is 2.52. The summed E-state index contributed by atoms with van der Waals surface area (Å²) in [7, 11) is 2.15. The van der Waals surface area contributed by atoms with Crippen molar-refractivity contribution in [1.82, 2.24) is 14.5 Å². The molecule has 1 aliphatic heterocycles. The molecule has 0 aromatic carbocycles. The molecule has 1 aliphatic rings. The zero-order chi connectivity index (χ0) is 18.0. The summed E-state index contributed by atoms with van der Waals surface area (Å²) in [6, 6.07) is 4.12. The number of aromatic nitrogens is 2. The highest BCUT2D eigenvalue weighted by Crippen LogP contribution is 2.26. The van der Waals surface area contributed by atoms with Gasteiger partial charge in [0.05, 0.1) is 11.9 Å². The first-order valence-electron chi connectivity index (χ1n) is 8.93. The molecule has 0 amide bonds. The molecule has 0 spiro atoms. The van der Waals surface area contributed by atoms with Crippen molar-refractivity contribution in [1.29, 1.82) is 0 Å². The summed E-state index contributed by atoms with van der Waals surface area (Å²) in [6.07, 6.45) is 4.27. The summed E-state index contributed by atoms with van der Waals surface area (Å²) in [5, 5.41) is 1.15. The van der Waals surface area contributed by atoms with Crippen LogP contribution in [0, 0.1) is 0 Å². The van der Waals surface area contributed by atoms with Gasteiger partial charge in [-0.05, 0) is 40.0 Å². The van der Waals surface area contributed by atoms with E-state index in [1.54, 1.807) is 0 Å². The third-order valence-electron chi connectivity index (χ3n) is 4.46. The number of hydrogen-bond donors (Lipinski definition) is 0. The van der Waals surface area contributed by atoms with E-state index < -0.39 is 5.60 Å². The van der Waals surface area contributed by atoms with E-state index >= 15 is 0 Å². The van der Waals surface area contributed by atoms with Gasteiger partial charge in [0.25, 0.3) is 0 Å². The number of nitrogens with zero attached hydrogens (tertiary/aromatic N) is 4. The van der Waals surface area contributed by atoms with E-state index in [1.807, 2.05) is 39.2 Å². The smallest absolute Gasteiger partial charge is 0.308 e. The molecule has 0 N–H and O–H groups in total. The number of aryl methyl sites for hydroxylation is 1. The Morgan fingerprint density at radius 1 is 1.20 bits per heavy atom. The van der Waals surface area contributed by atoms with Crippen molar-refractivity contribution < 1.29 is 9.53 Å². The monoisotopic (exact) mass is 344 g/mol.